The van der Waals surface area contributed by atoms with Gasteiger partial charge >= 0.3 is 0 Å². The van der Waals surface area contributed by atoms with Crippen LogP contribution in [0, 0.1) is 5.92 Å². The Bertz CT molecular complexity index is 521. The molecule has 2 aliphatic rings. The number of benzene rings is 1. The Kier molecular flexibility index (Phi) is 5.34. The third-order valence-electron chi connectivity index (χ3n) is 5.39. The molecule has 0 aliphatic carbocycles. The number of likely N-dealkylation sites (tertiary alicyclic amines) is 2. The molecular formula is C19H28N2O2. The second kappa shape index (κ2) is 7.45. The zero-order chi connectivity index (χ0) is 16.2. The fraction of sp³-hybridized carbons (Fsp3) is 0.632. The van der Waals surface area contributed by atoms with Crippen LogP contribution >= 0.6 is 0 Å². The highest BCUT2D eigenvalue weighted by Gasteiger charge is 2.26. The molecular weight excluding hydrogens is 288 g/mol. The van der Waals surface area contributed by atoms with Gasteiger partial charge in [0.25, 0.3) is 5.91 Å². The molecule has 0 radical (unpaired) electrons. The molecule has 0 bridgehead atoms. The average molecular weight is 316 g/mol. The molecule has 1 atom stereocenters. The molecule has 2 saturated heterocycles. The van der Waals surface area contributed by atoms with E-state index in [1.54, 1.807) is 0 Å². The van der Waals surface area contributed by atoms with Crippen molar-refractivity contribution in [2.24, 2.45) is 5.92 Å². The minimum absolute atomic E-state index is 0.172. The van der Waals surface area contributed by atoms with E-state index in [1.165, 1.54) is 5.56 Å². The molecule has 1 aromatic rings. The predicted octanol–water partition coefficient (Wildman–Crippen LogP) is 2.52. The van der Waals surface area contributed by atoms with Crippen LogP contribution in [0.5, 0.6) is 0 Å². The summed E-state index contributed by atoms with van der Waals surface area (Å²) in [6.45, 7) is 6.39. The Hall–Kier alpha value is -1.39. The van der Waals surface area contributed by atoms with Gasteiger partial charge in [-0.25, -0.2) is 0 Å². The maximum atomic E-state index is 12.5. The second-order valence-electron chi connectivity index (χ2n) is 7.09. The Morgan fingerprint density at radius 2 is 1.83 bits per heavy atom. The predicted molar refractivity (Wildman–Crippen MR) is 91.3 cm³/mol. The van der Waals surface area contributed by atoms with E-state index in [0.717, 1.165) is 57.4 Å². The SMILES string of the molecule is C[C@@H]1CCCN1C(=O)c1ccc(CN2CCC(CO)CC2)cc1. The van der Waals surface area contributed by atoms with Crippen molar-refractivity contribution in [1.29, 1.82) is 0 Å². The lowest BCUT2D eigenvalue weighted by Gasteiger charge is -2.31. The van der Waals surface area contributed by atoms with Gasteiger partial charge in [0.1, 0.15) is 0 Å². The van der Waals surface area contributed by atoms with Crippen molar-refractivity contribution < 1.29 is 9.90 Å². The largest absolute Gasteiger partial charge is 0.396 e. The van der Waals surface area contributed by atoms with Crippen LogP contribution in [0.15, 0.2) is 24.3 Å². The van der Waals surface area contributed by atoms with Gasteiger partial charge in [0.05, 0.1) is 0 Å². The first-order valence-electron chi connectivity index (χ1n) is 8.90. The van der Waals surface area contributed by atoms with E-state index in [0.29, 0.717) is 18.6 Å². The van der Waals surface area contributed by atoms with Gasteiger partial charge < -0.3 is 10.0 Å². The quantitative estimate of drug-likeness (QED) is 0.928. The minimum atomic E-state index is 0.172. The molecule has 0 aromatic heterocycles. The summed E-state index contributed by atoms with van der Waals surface area (Å²) in [5, 5.41) is 9.20. The zero-order valence-corrected chi connectivity index (χ0v) is 14.1. The maximum absolute atomic E-state index is 12.5. The molecule has 0 spiro atoms. The number of hydrogen-bond donors (Lipinski definition) is 1. The van der Waals surface area contributed by atoms with E-state index in [-0.39, 0.29) is 5.91 Å². The highest BCUT2D eigenvalue weighted by molar-refractivity contribution is 5.94. The van der Waals surface area contributed by atoms with Crippen LogP contribution in [-0.2, 0) is 6.54 Å². The van der Waals surface area contributed by atoms with Gasteiger partial charge in [0, 0.05) is 31.3 Å². The topological polar surface area (TPSA) is 43.8 Å². The summed E-state index contributed by atoms with van der Waals surface area (Å²) >= 11 is 0. The Balaban J connectivity index is 1.56. The van der Waals surface area contributed by atoms with Gasteiger partial charge in [-0.2, -0.15) is 0 Å². The van der Waals surface area contributed by atoms with Crippen molar-refractivity contribution in [2.45, 2.75) is 45.2 Å². The first-order valence-corrected chi connectivity index (χ1v) is 8.90. The fourth-order valence-electron chi connectivity index (χ4n) is 3.74. The molecule has 2 heterocycles. The van der Waals surface area contributed by atoms with Crippen molar-refractivity contribution in [3.63, 3.8) is 0 Å². The lowest BCUT2D eigenvalue weighted by atomic mass is 9.97. The van der Waals surface area contributed by atoms with E-state index in [2.05, 4.69) is 24.0 Å². The van der Waals surface area contributed by atoms with Gasteiger partial charge in [0.2, 0.25) is 0 Å². The Morgan fingerprint density at radius 1 is 1.13 bits per heavy atom. The van der Waals surface area contributed by atoms with Gasteiger partial charge in [-0.05, 0) is 69.3 Å². The summed E-state index contributed by atoms with van der Waals surface area (Å²) in [6, 6.07) is 8.50. The summed E-state index contributed by atoms with van der Waals surface area (Å²) in [7, 11) is 0. The molecule has 23 heavy (non-hydrogen) atoms. The Morgan fingerprint density at radius 3 is 2.39 bits per heavy atom. The molecule has 1 aromatic carbocycles. The van der Waals surface area contributed by atoms with E-state index < -0.39 is 0 Å². The molecule has 0 unspecified atom stereocenters. The first kappa shape index (κ1) is 16.5. The van der Waals surface area contributed by atoms with Crippen LogP contribution in [0.1, 0.15) is 48.5 Å². The van der Waals surface area contributed by atoms with Crippen LogP contribution in [0.2, 0.25) is 0 Å². The number of carbonyl (C=O) groups excluding carboxylic acids is 1. The standard InChI is InChI=1S/C19H28N2O2/c1-15-3-2-10-21(15)19(23)18-6-4-16(5-7-18)13-20-11-8-17(14-22)9-12-20/h4-7,15,17,22H,2-3,8-14H2,1H3/t15-/m1/s1. The number of piperidine rings is 1. The second-order valence-corrected chi connectivity index (χ2v) is 7.09. The fourth-order valence-corrected chi connectivity index (χ4v) is 3.74. The normalized spacial score (nSPS) is 23.4. The number of nitrogens with zero attached hydrogens (tertiary/aromatic N) is 2. The molecule has 126 valence electrons. The maximum Gasteiger partial charge on any atom is 0.254 e. The summed E-state index contributed by atoms with van der Waals surface area (Å²) < 4.78 is 0. The van der Waals surface area contributed by atoms with Crippen molar-refractivity contribution in [3.8, 4) is 0 Å². The molecule has 3 rings (SSSR count). The molecule has 2 aliphatic heterocycles. The molecule has 0 saturated carbocycles. The van der Waals surface area contributed by atoms with Gasteiger partial charge in [0.15, 0.2) is 0 Å². The third-order valence-corrected chi connectivity index (χ3v) is 5.39. The minimum Gasteiger partial charge on any atom is -0.396 e. The number of amides is 1. The number of aliphatic hydroxyl groups is 1. The van der Waals surface area contributed by atoms with Gasteiger partial charge in [-0.1, -0.05) is 12.1 Å². The smallest absolute Gasteiger partial charge is 0.254 e. The van der Waals surface area contributed by atoms with Crippen molar-refractivity contribution >= 4 is 5.91 Å². The molecule has 4 nitrogen and oxygen atoms in total. The summed E-state index contributed by atoms with van der Waals surface area (Å²) in [4.78, 5) is 17.0. The molecule has 2 fully saturated rings. The molecule has 1 N–H and O–H groups in total. The van der Waals surface area contributed by atoms with Crippen molar-refractivity contribution in [2.75, 3.05) is 26.2 Å². The highest BCUT2D eigenvalue weighted by atomic mass is 16.3. The lowest BCUT2D eigenvalue weighted by molar-refractivity contribution is 0.0747. The van der Waals surface area contributed by atoms with E-state index >= 15 is 0 Å². The van der Waals surface area contributed by atoms with Crippen molar-refractivity contribution in [3.05, 3.63) is 35.4 Å². The van der Waals surface area contributed by atoms with Crippen molar-refractivity contribution in [1.82, 2.24) is 9.80 Å². The monoisotopic (exact) mass is 316 g/mol. The number of rotatable bonds is 4. The molecule has 4 heteroatoms. The number of aliphatic hydroxyl groups excluding tert-OH is 1. The Labute approximate surface area is 139 Å². The zero-order valence-electron chi connectivity index (χ0n) is 14.1. The van der Waals surface area contributed by atoms with E-state index in [4.69, 9.17) is 0 Å². The average Bonchev–Trinajstić information content (AvgIpc) is 3.02. The van der Waals surface area contributed by atoms with Gasteiger partial charge in [-0.3, -0.25) is 9.69 Å². The van der Waals surface area contributed by atoms with Crippen LogP contribution in [0.25, 0.3) is 0 Å². The van der Waals surface area contributed by atoms with E-state index in [9.17, 15) is 9.90 Å². The van der Waals surface area contributed by atoms with E-state index in [1.807, 2.05) is 17.0 Å². The number of hydrogen-bond acceptors (Lipinski definition) is 3. The molecule has 1 amide bonds. The van der Waals surface area contributed by atoms with Crippen LogP contribution in [-0.4, -0.2) is 53.1 Å². The summed E-state index contributed by atoms with van der Waals surface area (Å²) in [5.41, 5.74) is 2.07. The third kappa shape index (κ3) is 3.93. The summed E-state index contributed by atoms with van der Waals surface area (Å²) in [5.74, 6) is 0.652. The highest BCUT2D eigenvalue weighted by Crippen LogP contribution is 2.21. The number of carbonyl (C=O) groups is 1. The lowest BCUT2D eigenvalue weighted by Crippen LogP contribution is -2.34. The van der Waals surface area contributed by atoms with Crippen LogP contribution in [0.4, 0.5) is 0 Å². The first-order chi connectivity index (χ1) is 11.2. The summed E-state index contributed by atoms with van der Waals surface area (Å²) in [6.07, 6.45) is 4.40. The van der Waals surface area contributed by atoms with Gasteiger partial charge in [-0.15, -0.1) is 0 Å². The van der Waals surface area contributed by atoms with Crippen LogP contribution < -0.4 is 0 Å². The van der Waals surface area contributed by atoms with Crippen LogP contribution in [0.3, 0.4) is 0 Å².